The molecule has 1 amide bonds. The van der Waals surface area contributed by atoms with Crippen LogP contribution in [0.2, 0.25) is 0 Å². The number of hydrogen-bond acceptors (Lipinski definition) is 5. The van der Waals surface area contributed by atoms with Crippen LogP contribution < -0.4 is 11.1 Å². The maximum Gasteiger partial charge on any atom is 0.236 e. The van der Waals surface area contributed by atoms with Crippen LogP contribution in [-0.2, 0) is 10.2 Å². The Morgan fingerprint density at radius 2 is 1.35 bits per heavy atom. The molecule has 3 N–H and O–H groups in total. The molecule has 6 nitrogen and oxygen atoms in total. The first-order valence-electron chi connectivity index (χ1n) is 10.8. The van der Waals surface area contributed by atoms with E-state index in [1.807, 2.05) is 54.6 Å². The van der Waals surface area contributed by atoms with E-state index >= 15 is 0 Å². The summed E-state index contributed by atoms with van der Waals surface area (Å²) in [7, 11) is 0. The molecule has 34 heavy (non-hydrogen) atoms. The lowest BCUT2D eigenvalue weighted by molar-refractivity contribution is -0.123. The largest absolute Gasteiger partial charge is 0.399 e. The third-order valence-electron chi connectivity index (χ3n) is 7.08. The molecule has 1 aliphatic carbocycles. The van der Waals surface area contributed by atoms with Crippen LogP contribution in [0.5, 0.6) is 0 Å². The van der Waals surface area contributed by atoms with Crippen LogP contribution in [0.15, 0.2) is 96.2 Å². The number of hydrogen-bond donors (Lipinski definition) is 2. The number of fused-ring (bicyclic) bond motifs is 2. The number of nitrogens with two attached hydrogens (primary N) is 1. The number of benzene rings is 3. The molecule has 0 aromatic heterocycles. The summed E-state index contributed by atoms with van der Waals surface area (Å²) in [6.45, 7) is 0. The minimum atomic E-state index is -1.94. The summed E-state index contributed by atoms with van der Waals surface area (Å²) in [6, 6.07) is 31.9. The van der Waals surface area contributed by atoms with Crippen LogP contribution in [-0.4, -0.2) is 5.91 Å². The number of para-hydroxylation sites is 1. The number of nitriles is 3. The molecule has 0 bridgehead atoms. The van der Waals surface area contributed by atoms with Crippen molar-refractivity contribution in [3.8, 4) is 18.2 Å². The summed E-state index contributed by atoms with van der Waals surface area (Å²) in [5.74, 6) is -2.14. The molecule has 162 valence electrons. The van der Waals surface area contributed by atoms with Gasteiger partial charge in [-0.25, -0.2) is 0 Å². The van der Waals surface area contributed by atoms with Gasteiger partial charge in [0.15, 0.2) is 5.41 Å². The number of nitrogens with one attached hydrogen (secondary N) is 1. The van der Waals surface area contributed by atoms with Crippen LogP contribution in [0.25, 0.3) is 0 Å². The smallest absolute Gasteiger partial charge is 0.236 e. The molecule has 0 fully saturated rings. The van der Waals surface area contributed by atoms with Crippen LogP contribution in [0.4, 0.5) is 5.69 Å². The Morgan fingerprint density at radius 1 is 0.794 bits per heavy atom. The highest BCUT2D eigenvalue weighted by Gasteiger charge is 2.69. The Balaban J connectivity index is 2.03. The van der Waals surface area contributed by atoms with E-state index in [1.165, 1.54) is 0 Å². The Kier molecular flexibility index (Phi) is 4.71. The Morgan fingerprint density at radius 3 is 1.94 bits per heavy atom. The lowest BCUT2D eigenvalue weighted by atomic mass is 9.46. The van der Waals surface area contributed by atoms with E-state index in [0.717, 1.165) is 0 Å². The molecular formula is C28H19N5O. The van der Waals surface area contributed by atoms with Gasteiger partial charge in [0.05, 0.1) is 34.9 Å². The molecule has 2 aliphatic rings. The summed E-state index contributed by atoms with van der Waals surface area (Å²) in [5.41, 5.74) is 5.66. The van der Waals surface area contributed by atoms with Gasteiger partial charge in [0, 0.05) is 17.5 Å². The van der Waals surface area contributed by atoms with E-state index in [-0.39, 0.29) is 17.2 Å². The fourth-order valence-corrected chi connectivity index (χ4v) is 5.77. The van der Waals surface area contributed by atoms with Gasteiger partial charge in [0.2, 0.25) is 5.91 Å². The lowest BCUT2D eigenvalue weighted by Crippen LogP contribution is -2.56. The SMILES string of the molecule is N#CC1=C(N)C(C#N)(C#N)C(c2ccccc2)C2(C(=O)Nc3ccccc32)C1c1ccccc1. The third kappa shape index (κ3) is 2.50. The average Bonchev–Trinajstić information content (AvgIpc) is 3.17. The second kappa shape index (κ2) is 7.62. The van der Waals surface area contributed by atoms with Gasteiger partial charge >= 0.3 is 0 Å². The van der Waals surface area contributed by atoms with Crippen molar-refractivity contribution < 1.29 is 4.79 Å². The van der Waals surface area contributed by atoms with Gasteiger partial charge in [0.1, 0.15) is 0 Å². The molecule has 1 aliphatic heterocycles. The quantitative estimate of drug-likeness (QED) is 0.615. The molecule has 3 atom stereocenters. The number of anilines is 1. The molecule has 3 aromatic rings. The first-order chi connectivity index (χ1) is 16.6. The van der Waals surface area contributed by atoms with E-state index in [1.54, 1.807) is 30.3 Å². The molecule has 5 rings (SSSR count). The Hall–Kier alpha value is -4.86. The first-order valence-corrected chi connectivity index (χ1v) is 10.8. The Labute approximate surface area is 197 Å². The summed E-state index contributed by atoms with van der Waals surface area (Å²) < 4.78 is 0. The minimum absolute atomic E-state index is 0.0633. The zero-order chi connectivity index (χ0) is 23.9. The molecule has 0 saturated carbocycles. The number of nitrogens with zero attached hydrogens (tertiary/aromatic N) is 3. The van der Waals surface area contributed by atoms with Crippen LogP contribution >= 0.6 is 0 Å². The molecule has 1 heterocycles. The number of carbonyl (C=O) groups is 1. The van der Waals surface area contributed by atoms with Gasteiger partial charge in [0.25, 0.3) is 0 Å². The zero-order valence-corrected chi connectivity index (χ0v) is 18.1. The van der Waals surface area contributed by atoms with E-state index in [4.69, 9.17) is 5.73 Å². The van der Waals surface area contributed by atoms with Gasteiger partial charge in [-0.2, -0.15) is 15.8 Å². The van der Waals surface area contributed by atoms with Gasteiger partial charge in [-0.05, 0) is 22.8 Å². The molecule has 3 aromatic carbocycles. The monoisotopic (exact) mass is 441 g/mol. The van der Waals surface area contributed by atoms with E-state index in [0.29, 0.717) is 22.4 Å². The van der Waals surface area contributed by atoms with Crippen molar-refractivity contribution in [3.63, 3.8) is 0 Å². The second-order valence-electron chi connectivity index (χ2n) is 8.53. The van der Waals surface area contributed by atoms with Crippen LogP contribution in [0, 0.1) is 39.4 Å². The van der Waals surface area contributed by atoms with Crippen molar-refractivity contribution >= 4 is 11.6 Å². The summed E-state index contributed by atoms with van der Waals surface area (Å²) in [4.78, 5) is 14.2. The van der Waals surface area contributed by atoms with E-state index in [2.05, 4.69) is 23.5 Å². The number of rotatable bonds is 2. The molecule has 3 unspecified atom stereocenters. The highest BCUT2D eigenvalue weighted by molar-refractivity contribution is 6.09. The molecule has 6 heteroatoms. The summed E-state index contributed by atoms with van der Waals surface area (Å²) >= 11 is 0. The Bertz CT molecular complexity index is 1440. The molecular weight excluding hydrogens is 422 g/mol. The zero-order valence-electron chi connectivity index (χ0n) is 18.1. The maximum atomic E-state index is 14.2. The fourth-order valence-electron chi connectivity index (χ4n) is 5.77. The van der Waals surface area contributed by atoms with Gasteiger partial charge < -0.3 is 11.1 Å². The van der Waals surface area contributed by atoms with Crippen molar-refractivity contribution in [1.29, 1.82) is 15.8 Å². The number of allylic oxidation sites excluding steroid dienone is 2. The van der Waals surface area contributed by atoms with Gasteiger partial charge in [-0.1, -0.05) is 78.9 Å². The number of carbonyl (C=O) groups excluding carboxylic acids is 1. The van der Waals surface area contributed by atoms with Gasteiger partial charge in [-0.3, -0.25) is 4.79 Å². The van der Waals surface area contributed by atoms with Crippen molar-refractivity contribution in [1.82, 2.24) is 0 Å². The summed E-state index contributed by atoms with van der Waals surface area (Å²) in [6.07, 6.45) is 0. The maximum absolute atomic E-state index is 14.2. The highest BCUT2D eigenvalue weighted by atomic mass is 16.2. The van der Waals surface area contributed by atoms with Crippen LogP contribution in [0.3, 0.4) is 0 Å². The van der Waals surface area contributed by atoms with Crippen molar-refractivity contribution in [2.24, 2.45) is 11.1 Å². The average molecular weight is 441 g/mol. The van der Waals surface area contributed by atoms with Gasteiger partial charge in [-0.15, -0.1) is 0 Å². The second-order valence-corrected chi connectivity index (χ2v) is 8.53. The fraction of sp³-hybridized carbons (Fsp3) is 0.143. The first kappa shape index (κ1) is 21.0. The summed E-state index contributed by atoms with van der Waals surface area (Å²) in [5, 5.41) is 34.2. The minimum Gasteiger partial charge on any atom is -0.399 e. The van der Waals surface area contributed by atoms with Crippen LogP contribution in [0.1, 0.15) is 28.5 Å². The van der Waals surface area contributed by atoms with E-state index in [9.17, 15) is 20.6 Å². The predicted octanol–water partition coefficient (Wildman–Crippen LogP) is 4.23. The predicted molar refractivity (Wildman–Crippen MR) is 126 cm³/mol. The highest BCUT2D eigenvalue weighted by Crippen LogP contribution is 2.66. The molecule has 0 radical (unpaired) electrons. The molecule has 1 spiro atoms. The lowest BCUT2D eigenvalue weighted by Gasteiger charge is -2.50. The third-order valence-corrected chi connectivity index (χ3v) is 7.08. The topological polar surface area (TPSA) is 126 Å². The van der Waals surface area contributed by atoms with E-state index < -0.39 is 22.7 Å². The van der Waals surface area contributed by atoms with Crippen molar-refractivity contribution in [2.75, 3.05) is 5.32 Å². The van der Waals surface area contributed by atoms with Crippen molar-refractivity contribution in [3.05, 3.63) is 113 Å². The van der Waals surface area contributed by atoms with Crippen molar-refractivity contribution in [2.45, 2.75) is 17.3 Å². The molecule has 0 saturated heterocycles. The number of amides is 1. The normalized spacial score (nSPS) is 24.4. The standard InChI is InChI=1S/C28H19N5O/c29-15-20-23(18-9-3-1-4-10-18)28(21-13-7-8-14-22(21)33-26(28)34)24(19-11-5-2-6-12-19)27(16-30,17-31)25(20)32/h1-14,23-24H,32H2,(H,33,34).